The predicted molar refractivity (Wildman–Crippen MR) is 105 cm³/mol. The van der Waals surface area contributed by atoms with Crippen molar-refractivity contribution < 1.29 is 9.53 Å². The van der Waals surface area contributed by atoms with Crippen LogP contribution in [-0.2, 0) is 4.79 Å². The number of hydrogen-bond acceptors (Lipinski definition) is 5. The second-order valence-corrected chi connectivity index (χ2v) is 7.21. The van der Waals surface area contributed by atoms with E-state index in [9.17, 15) is 4.79 Å². The van der Waals surface area contributed by atoms with Gasteiger partial charge in [-0.1, -0.05) is 47.7 Å². The molecule has 1 aromatic heterocycles. The molecular formula is C20H21N3O2S. The van der Waals surface area contributed by atoms with Crippen molar-refractivity contribution in [2.75, 3.05) is 5.32 Å². The molecule has 0 spiro atoms. The molecule has 0 radical (unpaired) electrons. The van der Waals surface area contributed by atoms with E-state index in [1.807, 2.05) is 57.2 Å². The SMILES string of the molecule is Cc1cc(C)c(C)c(OC(C)C(=O)Nc2nnc(-c3ccccc3)s2)c1. The van der Waals surface area contributed by atoms with Crippen LogP contribution in [0.25, 0.3) is 10.6 Å². The molecule has 0 aliphatic carbocycles. The highest BCUT2D eigenvalue weighted by Crippen LogP contribution is 2.27. The summed E-state index contributed by atoms with van der Waals surface area (Å²) in [6.45, 7) is 7.76. The van der Waals surface area contributed by atoms with Crippen molar-refractivity contribution in [3.63, 3.8) is 0 Å². The van der Waals surface area contributed by atoms with E-state index in [0.717, 1.165) is 33.0 Å². The normalized spacial score (nSPS) is 11.8. The van der Waals surface area contributed by atoms with Crippen LogP contribution in [-0.4, -0.2) is 22.2 Å². The molecule has 0 fully saturated rings. The molecule has 1 atom stereocenters. The average Bonchev–Trinajstić information content (AvgIpc) is 3.08. The summed E-state index contributed by atoms with van der Waals surface area (Å²) >= 11 is 1.34. The van der Waals surface area contributed by atoms with E-state index >= 15 is 0 Å². The molecule has 0 aliphatic rings. The van der Waals surface area contributed by atoms with Gasteiger partial charge in [0.25, 0.3) is 5.91 Å². The second-order valence-electron chi connectivity index (χ2n) is 6.23. The summed E-state index contributed by atoms with van der Waals surface area (Å²) in [5, 5.41) is 12.2. The maximum atomic E-state index is 12.4. The van der Waals surface area contributed by atoms with Gasteiger partial charge in [-0.3, -0.25) is 10.1 Å². The number of nitrogens with zero attached hydrogens (tertiary/aromatic N) is 2. The van der Waals surface area contributed by atoms with Crippen molar-refractivity contribution >= 4 is 22.4 Å². The zero-order valence-corrected chi connectivity index (χ0v) is 16.1. The maximum absolute atomic E-state index is 12.4. The molecule has 3 rings (SSSR count). The minimum absolute atomic E-state index is 0.251. The van der Waals surface area contributed by atoms with E-state index in [2.05, 4.69) is 21.6 Å². The summed E-state index contributed by atoms with van der Waals surface area (Å²) < 4.78 is 5.88. The number of amides is 1. The van der Waals surface area contributed by atoms with E-state index in [0.29, 0.717) is 5.13 Å². The first kappa shape index (κ1) is 18.1. The number of aromatic nitrogens is 2. The molecule has 0 saturated carbocycles. The highest BCUT2D eigenvalue weighted by molar-refractivity contribution is 7.18. The topological polar surface area (TPSA) is 64.1 Å². The lowest BCUT2D eigenvalue weighted by molar-refractivity contribution is -0.122. The third kappa shape index (κ3) is 4.08. The van der Waals surface area contributed by atoms with Crippen molar-refractivity contribution in [3.05, 3.63) is 59.2 Å². The van der Waals surface area contributed by atoms with Gasteiger partial charge in [-0.15, -0.1) is 10.2 Å². The van der Waals surface area contributed by atoms with Gasteiger partial charge in [0, 0.05) is 5.56 Å². The second kappa shape index (κ2) is 7.66. The van der Waals surface area contributed by atoms with Gasteiger partial charge >= 0.3 is 0 Å². The molecule has 6 heteroatoms. The Labute approximate surface area is 157 Å². The van der Waals surface area contributed by atoms with Crippen molar-refractivity contribution in [3.8, 4) is 16.3 Å². The van der Waals surface area contributed by atoms with E-state index in [1.165, 1.54) is 11.3 Å². The molecule has 0 aliphatic heterocycles. The van der Waals surface area contributed by atoms with E-state index in [-0.39, 0.29) is 5.91 Å². The molecule has 1 N–H and O–H groups in total. The van der Waals surface area contributed by atoms with Crippen LogP contribution in [0.4, 0.5) is 5.13 Å². The molecule has 134 valence electrons. The molecular weight excluding hydrogens is 346 g/mol. The summed E-state index contributed by atoms with van der Waals surface area (Å²) in [6, 6.07) is 13.8. The minimum Gasteiger partial charge on any atom is -0.481 e. The molecule has 1 amide bonds. The molecule has 0 bridgehead atoms. The van der Waals surface area contributed by atoms with Crippen molar-refractivity contribution in [2.24, 2.45) is 0 Å². The molecule has 0 saturated heterocycles. The van der Waals surface area contributed by atoms with Crippen molar-refractivity contribution in [1.82, 2.24) is 10.2 Å². The predicted octanol–water partition coefficient (Wildman–Crippen LogP) is 4.54. The Hall–Kier alpha value is -2.73. The fourth-order valence-corrected chi connectivity index (χ4v) is 3.30. The van der Waals surface area contributed by atoms with Crippen molar-refractivity contribution in [1.29, 1.82) is 0 Å². The fourth-order valence-electron chi connectivity index (χ4n) is 2.55. The van der Waals surface area contributed by atoms with Crippen LogP contribution in [0.3, 0.4) is 0 Å². The van der Waals surface area contributed by atoms with Crippen LogP contribution in [0.1, 0.15) is 23.6 Å². The smallest absolute Gasteiger partial charge is 0.266 e. The number of anilines is 1. The molecule has 1 heterocycles. The quantitative estimate of drug-likeness (QED) is 0.719. The van der Waals surface area contributed by atoms with Gasteiger partial charge in [0.15, 0.2) is 6.10 Å². The van der Waals surface area contributed by atoms with Gasteiger partial charge in [-0.25, -0.2) is 0 Å². The van der Waals surface area contributed by atoms with Gasteiger partial charge < -0.3 is 4.74 Å². The van der Waals surface area contributed by atoms with Gasteiger partial charge in [0.05, 0.1) is 0 Å². The maximum Gasteiger partial charge on any atom is 0.266 e. The van der Waals surface area contributed by atoms with Gasteiger partial charge in [0.1, 0.15) is 10.8 Å². The third-order valence-electron chi connectivity index (χ3n) is 4.11. The molecule has 5 nitrogen and oxygen atoms in total. The first-order valence-corrected chi connectivity index (χ1v) is 9.20. The summed E-state index contributed by atoms with van der Waals surface area (Å²) in [6.07, 6.45) is -0.640. The van der Waals surface area contributed by atoms with E-state index in [1.54, 1.807) is 6.92 Å². The Kier molecular flexibility index (Phi) is 5.32. The lowest BCUT2D eigenvalue weighted by Crippen LogP contribution is -2.30. The third-order valence-corrected chi connectivity index (χ3v) is 5.00. The van der Waals surface area contributed by atoms with Crippen LogP contribution in [0, 0.1) is 20.8 Å². The highest BCUT2D eigenvalue weighted by Gasteiger charge is 2.18. The van der Waals surface area contributed by atoms with Gasteiger partial charge in [-0.2, -0.15) is 0 Å². The van der Waals surface area contributed by atoms with E-state index < -0.39 is 6.10 Å². The lowest BCUT2D eigenvalue weighted by atomic mass is 10.1. The Morgan fingerprint density at radius 3 is 2.58 bits per heavy atom. The lowest BCUT2D eigenvalue weighted by Gasteiger charge is -2.17. The number of rotatable bonds is 5. The Bertz CT molecular complexity index is 922. The Morgan fingerprint density at radius 2 is 1.85 bits per heavy atom. The number of benzene rings is 2. The number of ether oxygens (including phenoxy) is 1. The summed E-state index contributed by atoms with van der Waals surface area (Å²) in [4.78, 5) is 12.4. The Balaban J connectivity index is 1.68. The zero-order valence-electron chi connectivity index (χ0n) is 15.2. The highest BCUT2D eigenvalue weighted by atomic mass is 32.1. The summed E-state index contributed by atoms with van der Waals surface area (Å²) in [5.74, 6) is 0.478. The number of nitrogens with one attached hydrogen (secondary N) is 1. The number of carbonyl (C=O) groups excluding carboxylic acids is 1. The van der Waals surface area contributed by atoms with Crippen LogP contribution in [0.2, 0.25) is 0 Å². The van der Waals surface area contributed by atoms with Crippen LogP contribution < -0.4 is 10.1 Å². The molecule has 2 aromatic carbocycles. The fraction of sp³-hybridized carbons (Fsp3) is 0.250. The van der Waals surface area contributed by atoms with Gasteiger partial charge in [-0.05, 0) is 50.5 Å². The van der Waals surface area contributed by atoms with Crippen LogP contribution >= 0.6 is 11.3 Å². The van der Waals surface area contributed by atoms with Crippen LogP contribution in [0.5, 0.6) is 5.75 Å². The first-order chi connectivity index (χ1) is 12.4. The number of aryl methyl sites for hydroxylation is 2. The monoisotopic (exact) mass is 367 g/mol. The Morgan fingerprint density at radius 1 is 1.12 bits per heavy atom. The minimum atomic E-state index is -0.640. The van der Waals surface area contributed by atoms with Crippen molar-refractivity contribution in [2.45, 2.75) is 33.8 Å². The van der Waals surface area contributed by atoms with Gasteiger partial charge in [0.2, 0.25) is 5.13 Å². The molecule has 3 aromatic rings. The van der Waals surface area contributed by atoms with Crippen LogP contribution in [0.15, 0.2) is 42.5 Å². The van der Waals surface area contributed by atoms with E-state index in [4.69, 9.17) is 4.74 Å². The number of carbonyl (C=O) groups is 1. The summed E-state index contributed by atoms with van der Waals surface area (Å²) in [5.41, 5.74) is 4.26. The largest absolute Gasteiger partial charge is 0.481 e. The summed E-state index contributed by atoms with van der Waals surface area (Å²) in [7, 11) is 0. The number of hydrogen-bond donors (Lipinski definition) is 1. The standard InChI is InChI=1S/C20H21N3O2S/c1-12-10-13(2)14(3)17(11-12)25-15(4)18(24)21-20-23-22-19(26-20)16-8-6-5-7-9-16/h5-11,15H,1-4H3,(H,21,23,24). The molecule has 1 unspecified atom stereocenters. The zero-order chi connectivity index (χ0) is 18.7. The average molecular weight is 367 g/mol. The first-order valence-electron chi connectivity index (χ1n) is 8.38. The molecule has 26 heavy (non-hydrogen) atoms.